The minimum absolute atomic E-state index is 0.275. The molecule has 5 heteroatoms. The van der Waals surface area contributed by atoms with Crippen LogP contribution in [0.15, 0.2) is 0 Å². The lowest BCUT2D eigenvalue weighted by Gasteiger charge is -2.27. The highest BCUT2D eigenvalue weighted by Gasteiger charge is 2.18. The maximum Gasteiger partial charge on any atom is 0.236 e. The fourth-order valence-corrected chi connectivity index (χ4v) is 2.65. The summed E-state index contributed by atoms with van der Waals surface area (Å²) in [6.07, 6.45) is 4.34. The quantitative estimate of drug-likeness (QED) is 0.779. The van der Waals surface area contributed by atoms with Crippen molar-refractivity contribution in [1.82, 2.24) is 15.1 Å². The minimum Gasteiger partial charge on any atom is -0.340 e. The number of hydrogen-bond donors (Lipinski definition) is 1. The Kier molecular flexibility index (Phi) is 7.70. The van der Waals surface area contributed by atoms with E-state index < -0.39 is 0 Å². The van der Waals surface area contributed by atoms with Crippen LogP contribution in [0, 0.1) is 0 Å². The largest absolute Gasteiger partial charge is 0.340 e. The first-order valence-electron chi connectivity index (χ1n) is 6.83. The molecule has 1 amide bonds. The Hall–Kier alpha value is -0.260. The molecule has 0 aromatic heterocycles. The topological polar surface area (TPSA) is 35.6 Å². The molecule has 4 nitrogen and oxygen atoms in total. The van der Waals surface area contributed by atoms with Crippen molar-refractivity contribution in [3.8, 4) is 0 Å². The van der Waals surface area contributed by atoms with Crippen molar-refractivity contribution in [3.05, 3.63) is 0 Å². The second-order valence-corrected chi connectivity index (χ2v) is 6.02. The van der Waals surface area contributed by atoms with Crippen LogP contribution >= 0.6 is 11.8 Å². The first-order valence-corrected chi connectivity index (χ1v) is 8.22. The van der Waals surface area contributed by atoms with Crippen LogP contribution in [0.1, 0.15) is 19.8 Å². The number of likely N-dealkylation sites (N-methyl/N-ethyl adjacent to an activating group) is 1. The number of nitrogens with zero attached hydrogens (tertiary/aromatic N) is 2. The van der Waals surface area contributed by atoms with Gasteiger partial charge in [0.15, 0.2) is 0 Å². The molecule has 1 atom stereocenters. The van der Waals surface area contributed by atoms with Crippen LogP contribution < -0.4 is 5.32 Å². The molecule has 1 saturated heterocycles. The van der Waals surface area contributed by atoms with Crippen molar-refractivity contribution in [2.75, 3.05) is 51.8 Å². The molecular formula is C13H27N3OS. The molecule has 106 valence electrons. The van der Waals surface area contributed by atoms with E-state index in [1.807, 2.05) is 16.7 Å². The number of carbonyl (C=O) groups is 1. The second-order valence-electron chi connectivity index (χ2n) is 5.03. The lowest BCUT2D eigenvalue weighted by molar-refractivity contribution is -0.132. The normalized spacial score (nSPS) is 18.8. The van der Waals surface area contributed by atoms with Gasteiger partial charge in [-0.3, -0.25) is 9.69 Å². The van der Waals surface area contributed by atoms with E-state index in [1.165, 1.54) is 0 Å². The van der Waals surface area contributed by atoms with Crippen molar-refractivity contribution < 1.29 is 4.79 Å². The average Bonchev–Trinajstić information content (AvgIpc) is 2.64. The number of nitrogens with one attached hydrogen (secondary N) is 1. The van der Waals surface area contributed by atoms with Crippen LogP contribution in [-0.2, 0) is 4.79 Å². The first-order chi connectivity index (χ1) is 8.65. The van der Waals surface area contributed by atoms with Gasteiger partial charge < -0.3 is 10.2 Å². The number of rotatable bonds is 6. The van der Waals surface area contributed by atoms with Crippen molar-refractivity contribution in [3.63, 3.8) is 0 Å². The summed E-state index contributed by atoms with van der Waals surface area (Å²) < 4.78 is 0. The summed E-state index contributed by atoms with van der Waals surface area (Å²) in [5.74, 6) is 1.44. The summed E-state index contributed by atoms with van der Waals surface area (Å²) in [6, 6.07) is 0.478. The summed E-state index contributed by atoms with van der Waals surface area (Å²) in [6.45, 7) is 6.47. The van der Waals surface area contributed by atoms with Gasteiger partial charge in [-0.15, -0.1) is 0 Å². The molecule has 0 aromatic rings. The monoisotopic (exact) mass is 273 g/mol. The smallest absolute Gasteiger partial charge is 0.236 e. The highest BCUT2D eigenvalue weighted by molar-refractivity contribution is 7.98. The molecule has 0 saturated carbocycles. The lowest BCUT2D eigenvalue weighted by Crippen LogP contribution is -2.43. The summed E-state index contributed by atoms with van der Waals surface area (Å²) in [5, 5.41) is 3.33. The van der Waals surface area contributed by atoms with Crippen LogP contribution in [0.4, 0.5) is 0 Å². The summed E-state index contributed by atoms with van der Waals surface area (Å²) >= 11 is 1.87. The van der Waals surface area contributed by atoms with Crippen LogP contribution in [0.3, 0.4) is 0 Å². The van der Waals surface area contributed by atoms with Crippen LogP contribution in [0.2, 0.25) is 0 Å². The SMILES string of the molecule is CSCCC(C)N(C)CC(=O)N1CCCNCC1. The molecule has 1 rings (SSSR count). The highest BCUT2D eigenvalue weighted by Crippen LogP contribution is 2.07. The van der Waals surface area contributed by atoms with Crippen LogP contribution in [0.5, 0.6) is 0 Å². The molecule has 1 heterocycles. The van der Waals surface area contributed by atoms with Crippen molar-refractivity contribution >= 4 is 17.7 Å². The molecule has 1 aliphatic heterocycles. The molecule has 0 aromatic carbocycles. The Balaban J connectivity index is 2.32. The molecule has 18 heavy (non-hydrogen) atoms. The molecule has 0 aliphatic carbocycles. The predicted molar refractivity (Wildman–Crippen MR) is 79.2 cm³/mol. The van der Waals surface area contributed by atoms with E-state index in [4.69, 9.17) is 0 Å². The molecule has 1 aliphatic rings. The highest BCUT2D eigenvalue weighted by atomic mass is 32.2. The molecule has 0 spiro atoms. The van der Waals surface area contributed by atoms with Gasteiger partial charge in [0.1, 0.15) is 0 Å². The third-order valence-electron chi connectivity index (χ3n) is 3.57. The van der Waals surface area contributed by atoms with E-state index in [0.29, 0.717) is 12.6 Å². The van der Waals surface area contributed by atoms with E-state index in [9.17, 15) is 4.79 Å². The zero-order valence-electron chi connectivity index (χ0n) is 11.9. The van der Waals surface area contributed by atoms with Gasteiger partial charge >= 0.3 is 0 Å². The Morgan fingerprint density at radius 3 is 2.94 bits per heavy atom. The van der Waals surface area contributed by atoms with Gasteiger partial charge in [0, 0.05) is 25.7 Å². The number of hydrogen-bond acceptors (Lipinski definition) is 4. The van der Waals surface area contributed by atoms with Crippen molar-refractivity contribution in [2.45, 2.75) is 25.8 Å². The van der Waals surface area contributed by atoms with E-state index in [0.717, 1.165) is 44.8 Å². The Morgan fingerprint density at radius 2 is 2.22 bits per heavy atom. The summed E-state index contributed by atoms with van der Waals surface area (Å²) in [7, 11) is 2.05. The standard InChI is InChI=1S/C13H27N3OS/c1-12(5-10-18-3)15(2)11-13(17)16-8-4-6-14-7-9-16/h12,14H,4-11H2,1-3H3. The molecule has 1 unspecified atom stereocenters. The van der Waals surface area contributed by atoms with E-state index in [-0.39, 0.29) is 5.91 Å². The molecule has 0 radical (unpaired) electrons. The predicted octanol–water partition coefficient (Wildman–Crippen LogP) is 0.882. The van der Waals surface area contributed by atoms with Crippen LogP contribution in [0.25, 0.3) is 0 Å². The lowest BCUT2D eigenvalue weighted by atomic mass is 10.2. The van der Waals surface area contributed by atoms with Gasteiger partial charge in [-0.1, -0.05) is 0 Å². The summed E-state index contributed by atoms with van der Waals surface area (Å²) in [4.78, 5) is 16.4. The van der Waals surface area contributed by atoms with Crippen LogP contribution in [-0.4, -0.2) is 73.5 Å². The summed E-state index contributed by atoms with van der Waals surface area (Å²) in [5.41, 5.74) is 0. The Bertz CT molecular complexity index is 242. The first kappa shape index (κ1) is 15.8. The Labute approximate surface area is 115 Å². The van der Waals surface area contributed by atoms with Gasteiger partial charge in [-0.2, -0.15) is 11.8 Å². The third kappa shape index (κ3) is 5.59. The van der Waals surface area contributed by atoms with E-state index >= 15 is 0 Å². The molecular weight excluding hydrogens is 246 g/mol. The average molecular weight is 273 g/mol. The van der Waals surface area contributed by atoms with Gasteiger partial charge in [0.25, 0.3) is 0 Å². The molecule has 1 N–H and O–H groups in total. The van der Waals surface area contributed by atoms with Crippen molar-refractivity contribution in [2.24, 2.45) is 0 Å². The van der Waals surface area contributed by atoms with Crippen molar-refractivity contribution in [1.29, 1.82) is 0 Å². The number of carbonyl (C=O) groups excluding carboxylic acids is 1. The van der Waals surface area contributed by atoms with Gasteiger partial charge in [-0.25, -0.2) is 0 Å². The second kappa shape index (κ2) is 8.77. The Morgan fingerprint density at radius 1 is 1.44 bits per heavy atom. The van der Waals surface area contributed by atoms with E-state index in [1.54, 1.807) is 0 Å². The third-order valence-corrected chi connectivity index (χ3v) is 4.21. The maximum atomic E-state index is 12.2. The molecule has 0 bridgehead atoms. The van der Waals surface area contributed by atoms with E-state index in [2.05, 4.69) is 30.4 Å². The number of amides is 1. The van der Waals surface area contributed by atoms with Gasteiger partial charge in [0.05, 0.1) is 6.54 Å². The molecule has 1 fully saturated rings. The van der Waals surface area contributed by atoms with Gasteiger partial charge in [0.2, 0.25) is 5.91 Å². The van der Waals surface area contributed by atoms with Gasteiger partial charge in [-0.05, 0) is 45.4 Å². The minimum atomic E-state index is 0.275. The maximum absolute atomic E-state index is 12.2. The fourth-order valence-electron chi connectivity index (χ4n) is 2.07. The number of thioether (sulfide) groups is 1. The zero-order valence-corrected chi connectivity index (χ0v) is 12.8. The zero-order chi connectivity index (χ0) is 13.4. The fraction of sp³-hybridized carbons (Fsp3) is 0.923.